The number of hydrogen-bond donors (Lipinski definition) is 1. The highest BCUT2D eigenvalue weighted by Crippen LogP contribution is 2.32. The highest BCUT2D eigenvalue weighted by molar-refractivity contribution is 5.91. The molecule has 0 bridgehead atoms. The molecule has 7 heteroatoms. The summed E-state index contributed by atoms with van der Waals surface area (Å²) in [6.45, 7) is 0.723. The summed E-state index contributed by atoms with van der Waals surface area (Å²) in [7, 11) is 0. The van der Waals surface area contributed by atoms with Gasteiger partial charge in [-0.2, -0.15) is 0 Å². The molecule has 1 amide bonds. The molecule has 0 saturated carbocycles. The lowest BCUT2D eigenvalue weighted by atomic mass is 10.2. The van der Waals surface area contributed by atoms with Crippen molar-refractivity contribution in [2.75, 3.05) is 13.3 Å². The summed E-state index contributed by atoms with van der Waals surface area (Å²) in [4.78, 5) is 11.9. The molecule has 2 aromatic heterocycles. The first kappa shape index (κ1) is 15.2. The predicted octanol–water partition coefficient (Wildman–Crippen LogP) is 1.83. The van der Waals surface area contributed by atoms with Gasteiger partial charge >= 0.3 is 0 Å². The van der Waals surface area contributed by atoms with Gasteiger partial charge < -0.3 is 14.8 Å². The summed E-state index contributed by atoms with van der Waals surface area (Å²) in [6.07, 6.45) is 5.75. The SMILES string of the molecule is O=C(C=Cc1ccc2c(c1)OCO2)NCCc1nnc2ccccn12. The maximum Gasteiger partial charge on any atom is 0.244 e. The van der Waals surface area contributed by atoms with E-state index >= 15 is 0 Å². The zero-order chi connectivity index (χ0) is 17.1. The largest absolute Gasteiger partial charge is 0.454 e. The normalized spacial score (nSPS) is 12.8. The zero-order valence-electron chi connectivity index (χ0n) is 13.4. The topological polar surface area (TPSA) is 77.8 Å². The molecular weight excluding hydrogens is 320 g/mol. The Morgan fingerprint density at radius 2 is 2.12 bits per heavy atom. The number of carbonyl (C=O) groups is 1. The number of aromatic nitrogens is 3. The fourth-order valence-corrected chi connectivity index (χ4v) is 2.61. The summed E-state index contributed by atoms with van der Waals surface area (Å²) < 4.78 is 12.5. The fourth-order valence-electron chi connectivity index (χ4n) is 2.61. The zero-order valence-corrected chi connectivity index (χ0v) is 13.4. The minimum Gasteiger partial charge on any atom is -0.454 e. The number of ether oxygens (including phenoxy) is 2. The van der Waals surface area contributed by atoms with Crippen LogP contribution in [-0.2, 0) is 11.2 Å². The molecule has 3 aromatic rings. The van der Waals surface area contributed by atoms with Crippen LogP contribution in [0.25, 0.3) is 11.7 Å². The van der Waals surface area contributed by atoms with Gasteiger partial charge in [0.15, 0.2) is 17.1 Å². The predicted molar refractivity (Wildman–Crippen MR) is 91.3 cm³/mol. The van der Waals surface area contributed by atoms with Gasteiger partial charge in [0, 0.05) is 25.2 Å². The molecule has 0 atom stereocenters. The van der Waals surface area contributed by atoms with E-state index in [9.17, 15) is 4.79 Å². The lowest BCUT2D eigenvalue weighted by molar-refractivity contribution is -0.116. The molecule has 0 fully saturated rings. The van der Waals surface area contributed by atoms with Gasteiger partial charge in [-0.15, -0.1) is 10.2 Å². The van der Waals surface area contributed by atoms with E-state index in [1.54, 1.807) is 6.08 Å². The Hall–Kier alpha value is -3.35. The number of nitrogens with one attached hydrogen (secondary N) is 1. The average Bonchev–Trinajstić information content (AvgIpc) is 3.26. The number of rotatable bonds is 5. The third kappa shape index (κ3) is 3.30. The van der Waals surface area contributed by atoms with Crippen LogP contribution in [0.4, 0.5) is 0 Å². The van der Waals surface area contributed by atoms with Gasteiger partial charge in [-0.25, -0.2) is 0 Å². The first-order valence-electron chi connectivity index (χ1n) is 7.94. The lowest BCUT2D eigenvalue weighted by Crippen LogP contribution is -2.24. The first-order valence-corrected chi connectivity index (χ1v) is 7.94. The van der Waals surface area contributed by atoms with E-state index in [1.807, 2.05) is 47.0 Å². The van der Waals surface area contributed by atoms with Crippen LogP contribution in [-0.4, -0.2) is 33.8 Å². The Bertz CT molecular complexity index is 948. The molecule has 1 N–H and O–H groups in total. The second-order valence-electron chi connectivity index (χ2n) is 5.53. The maximum absolute atomic E-state index is 11.9. The standard InChI is InChI=1S/C18H16N4O3/c23-18(7-5-13-4-6-14-15(11-13)25-12-24-14)19-9-8-17-21-20-16-3-1-2-10-22(16)17/h1-7,10-11H,8-9,12H2,(H,19,23). The molecule has 0 saturated heterocycles. The van der Waals surface area contributed by atoms with Crippen LogP contribution in [0.2, 0.25) is 0 Å². The highest BCUT2D eigenvalue weighted by Gasteiger charge is 2.12. The van der Waals surface area contributed by atoms with E-state index in [2.05, 4.69) is 15.5 Å². The van der Waals surface area contributed by atoms with Crippen LogP contribution in [0.5, 0.6) is 11.5 Å². The molecule has 0 aliphatic carbocycles. The Kier molecular flexibility index (Phi) is 4.04. The summed E-state index contributed by atoms with van der Waals surface area (Å²) in [5.41, 5.74) is 1.68. The van der Waals surface area contributed by atoms with Crippen molar-refractivity contribution >= 4 is 17.6 Å². The first-order chi connectivity index (χ1) is 12.3. The van der Waals surface area contributed by atoms with E-state index in [0.29, 0.717) is 18.7 Å². The van der Waals surface area contributed by atoms with Gasteiger partial charge in [-0.3, -0.25) is 9.20 Å². The number of carbonyl (C=O) groups excluding carboxylic acids is 1. The third-order valence-corrected chi connectivity index (χ3v) is 3.86. The van der Waals surface area contributed by atoms with Crippen molar-refractivity contribution in [2.45, 2.75) is 6.42 Å². The fraction of sp³-hybridized carbons (Fsp3) is 0.167. The van der Waals surface area contributed by atoms with Gasteiger partial charge in [-0.1, -0.05) is 12.1 Å². The van der Waals surface area contributed by atoms with Crippen LogP contribution in [0.3, 0.4) is 0 Å². The molecule has 4 rings (SSSR count). The van der Waals surface area contributed by atoms with Crippen LogP contribution < -0.4 is 14.8 Å². The molecule has 126 valence electrons. The van der Waals surface area contributed by atoms with Crippen LogP contribution in [0.15, 0.2) is 48.7 Å². The Morgan fingerprint density at radius 1 is 1.20 bits per heavy atom. The number of hydrogen-bond acceptors (Lipinski definition) is 5. The maximum atomic E-state index is 11.9. The number of fused-ring (bicyclic) bond motifs is 2. The third-order valence-electron chi connectivity index (χ3n) is 3.86. The van der Waals surface area contributed by atoms with Crippen molar-refractivity contribution < 1.29 is 14.3 Å². The van der Waals surface area contributed by atoms with E-state index < -0.39 is 0 Å². The van der Waals surface area contributed by atoms with Gasteiger partial charge in [-0.05, 0) is 35.9 Å². The molecule has 1 aromatic carbocycles. The van der Waals surface area contributed by atoms with Crippen LogP contribution >= 0.6 is 0 Å². The Balaban J connectivity index is 1.32. The van der Waals surface area contributed by atoms with Crippen molar-refractivity contribution in [1.82, 2.24) is 19.9 Å². The van der Waals surface area contributed by atoms with E-state index in [-0.39, 0.29) is 12.7 Å². The molecule has 25 heavy (non-hydrogen) atoms. The summed E-state index contributed by atoms with van der Waals surface area (Å²) >= 11 is 0. The van der Waals surface area contributed by atoms with Gasteiger partial charge in [0.1, 0.15) is 5.82 Å². The number of benzene rings is 1. The van der Waals surface area contributed by atoms with Gasteiger partial charge in [0.25, 0.3) is 0 Å². The molecule has 0 radical (unpaired) electrons. The number of pyridine rings is 1. The Morgan fingerprint density at radius 3 is 3.08 bits per heavy atom. The number of amides is 1. The smallest absolute Gasteiger partial charge is 0.244 e. The van der Waals surface area contributed by atoms with Crippen LogP contribution in [0.1, 0.15) is 11.4 Å². The van der Waals surface area contributed by atoms with Crippen molar-refractivity contribution in [3.63, 3.8) is 0 Å². The van der Waals surface area contributed by atoms with E-state index in [1.165, 1.54) is 6.08 Å². The second kappa shape index (κ2) is 6.64. The van der Waals surface area contributed by atoms with E-state index in [0.717, 1.165) is 22.8 Å². The van der Waals surface area contributed by atoms with Gasteiger partial charge in [0.2, 0.25) is 12.7 Å². The molecule has 1 aliphatic heterocycles. The minimum absolute atomic E-state index is 0.161. The quantitative estimate of drug-likeness (QED) is 0.719. The lowest BCUT2D eigenvalue weighted by Gasteiger charge is -2.02. The molecular formula is C18H16N4O3. The monoisotopic (exact) mass is 336 g/mol. The number of nitrogens with zero attached hydrogens (tertiary/aromatic N) is 3. The van der Waals surface area contributed by atoms with Crippen molar-refractivity contribution in [1.29, 1.82) is 0 Å². The van der Waals surface area contributed by atoms with E-state index in [4.69, 9.17) is 9.47 Å². The highest BCUT2D eigenvalue weighted by atomic mass is 16.7. The molecule has 3 heterocycles. The molecule has 0 spiro atoms. The molecule has 1 aliphatic rings. The summed E-state index contributed by atoms with van der Waals surface area (Å²) in [6, 6.07) is 11.3. The summed E-state index contributed by atoms with van der Waals surface area (Å²) in [5.74, 6) is 2.07. The van der Waals surface area contributed by atoms with Crippen molar-refractivity contribution in [2.24, 2.45) is 0 Å². The average molecular weight is 336 g/mol. The molecule has 7 nitrogen and oxygen atoms in total. The minimum atomic E-state index is -0.161. The Labute approximate surface area is 143 Å². The second-order valence-corrected chi connectivity index (χ2v) is 5.53. The van der Waals surface area contributed by atoms with Crippen molar-refractivity contribution in [3.8, 4) is 11.5 Å². The van der Waals surface area contributed by atoms with Gasteiger partial charge in [0.05, 0.1) is 0 Å². The summed E-state index contributed by atoms with van der Waals surface area (Å²) in [5, 5.41) is 11.1. The van der Waals surface area contributed by atoms with Crippen molar-refractivity contribution in [3.05, 3.63) is 60.1 Å². The van der Waals surface area contributed by atoms with Crippen LogP contribution in [0, 0.1) is 0 Å². The molecule has 0 unspecified atom stereocenters.